The van der Waals surface area contributed by atoms with Crippen LogP contribution in [-0.4, -0.2) is 16.8 Å². The number of aromatic hydroxyl groups is 1. The van der Waals surface area contributed by atoms with Crippen LogP contribution in [0.4, 0.5) is 0 Å². The van der Waals surface area contributed by atoms with Crippen LogP contribution in [0.1, 0.15) is 5.56 Å². The number of benzene rings is 1. The largest absolute Gasteiger partial charge is 0.508 e. The molecule has 78 valence electrons. The van der Waals surface area contributed by atoms with Gasteiger partial charge in [0.25, 0.3) is 0 Å². The Balaban J connectivity index is 0.000000364. The molecule has 0 amide bonds. The average molecular weight is 213 g/mol. The summed E-state index contributed by atoms with van der Waals surface area (Å²) in [6.07, 6.45) is 0.828. The van der Waals surface area contributed by atoms with Crippen LogP contribution in [0.2, 0.25) is 0 Å². The number of thiocarbonyl (C=S) groups is 1. The first-order chi connectivity index (χ1) is 6.56. The van der Waals surface area contributed by atoms with Gasteiger partial charge in [0.2, 0.25) is 0 Å². The fraction of sp³-hybridized carbons (Fsp3) is 0.222. The number of hydrogen-bond acceptors (Lipinski definition) is 3. The van der Waals surface area contributed by atoms with Crippen LogP contribution in [0.3, 0.4) is 0 Å². The Bertz CT molecular complexity index is 287. The molecule has 0 aliphatic rings. The highest BCUT2D eigenvalue weighted by Gasteiger charge is 1.90. The summed E-state index contributed by atoms with van der Waals surface area (Å²) >= 11 is 4.09. The van der Waals surface area contributed by atoms with Crippen molar-refractivity contribution in [3.63, 3.8) is 0 Å². The van der Waals surface area contributed by atoms with E-state index in [2.05, 4.69) is 23.7 Å². The lowest BCUT2D eigenvalue weighted by Crippen LogP contribution is -2.18. The topological polar surface area (TPSA) is 98.3 Å². The summed E-state index contributed by atoms with van der Waals surface area (Å²) in [7, 11) is 0. The molecule has 5 heteroatoms. The molecule has 0 saturated carbocycles. The molecular weight excluding hydrogens is 198 g/mol. The molecule has 0 radical (unpaired) electrons. The summed E-state index contributed by atoms with van der Waals surface area (Å²) in [6.45, 7) is 0.628. The van der Waals surface area contributed by atoms with E-state index in [0.717, 1.165) is 12.0 Å². The van der Waals surface area contributed by atoms with Crippen molar-refractivity contribution in [2.45, 2.75) is 6.42 Å². The summed E-state index contributed by atoms with van der Waals surface area (Å²) < 4.78 is 0. The minimum Gasteiger partial charge on any atom is -0.508 e. The third kappa shape index (κ3) is 7.33. The molecule has 7 N–H and O–H groups in total. The zero-order valence-electron chi connectivity index (χ0n) is 7.81. The van der Waals surface area contributed by atoms with Crippen LogP contribution < -0.4 is 17.2 Å². The molecule has 0 spiro atoms. The third-order valence-electron chi connectivity index (χ3n) is 1.34. The van der Waals surface area contributed by atoms with Crippen molar-refractivity contribution in [1.29, 1.82) is 0 Å². The van der Waals surface area contributed by atoms with Crippen molar-refractivity contribution >= 4 is 17.3 Å². The molecule has 0 atom stereocenters. The summed E-state index contributed by atoms with van der Waals surface area (Å²) in [4.78, 5) is 0. The molecule has 0 aliphatic heterocycles. The summed E-state index contributed by atoms with van der Waals surface area (Å²) in [5.74, 6) is 0.311. The van der Waals surface area contributed by atoms with E-state index in [1.54, 1.807) is 12.1 Å². The SMILES string of the molecule is NC(N)=S.NCCc1cccc(O)c1. The van der Waals surface area contributed by atoms with Gasteiger partial charge in [0.1, 0.15) is 5.75 Å². The minimum absolute atomic E-state index is 0.000000000000000222. The van der Waals surface area contributed by atoms with Gasteiger partial charge in [0, 0.05) is 0 Å². The van der Waals surface area contributed by atoms with Crippen LogP contribution in [0.5, 0.6) is 5.75 Å². The fourth-order valence-corrected chi connectivity index (χ4v) is 0.879. The maximum Gasteiger partial charge on any atom is 0.160 e. The summed E-state index contributed by atoms with van der Waals surface area (Å²) in [6, 6.07) is 7.15. The number of hydrogen-bond donors (Lipinski definition) is 4. The van der Waals surface area contributed by atoms with E-state index < -0.39 is 0 Å². The van der Waals surface area contributed by atoms with E-state index in [1.165, 1.54) is 0 Å². The van der Waals surface area contributed by atoms with E-state index in [-0.39, 0.29) is 5.11 Å². The zero-order valence-corrected chi connectivity index (χ0v) is 8.63. The smallest absolute Gasteiger partial charge is 0.160 e. The normalized spacial score (nSPS) is 8.64. The first-order valence-corrected chi connectivity index (χ1v) is 4.50. The second kappa shape index (κ2) is 7.11. The lowest BCUT2D eigenvalue weighted by Gasteiger charge is -1.97. The summed E-state index contributed by atoms with van der Waals surface area (Å²) in [5, 5.41) is 9.00. The van der Waals surface area contributed by atoms with Crippen molar-refractivity contribution in [1.82, 2.24) is 0 Å². The van der Waals surface area contributed by atoms with Crippen LogP contribution in [0.15, 0.2) is 24.3 Å². The highest BCUT2D eigenvalue weighted by molar-refractivity contribution is 7.80. The molecule has 1 aromatic carbocycles. The van der Waals surface area contributed by atoms with Crippen molar-refractivity contribution in [2.24, 2.45) is 17.2 Å². The first-order valence-electron chi connectivity index (χ1n) is 4.09. The number of phenolic OH excluding ortho intramolecular Hbond substituents is 1. The van der Waals surface area contributed by atoms with Crippen molar-refractivity contribution in [2.75, 3.05) is 6.54 Å². The van der Waals surface area contributed by atoms with Crippen LogP contribution in [0, 0.1) is 0 Å². The van der Waals surface area contributed by atoms with Gasteiger partial charge in [0.15, 0.2) is 5.11 Å². The molecule has 0 heterocycles. The molecule has 4 nitrogen and oxygen atoms in total. The Morgan fingerprint density at radius 1 is 1.36 bits per heavy atom. The van der Waals surface area contributed by atoms with E-state index in [4.69, 9.17) is 10.8 Å². The van der Waals surface area contributed by atoms with Gasteiger partial charge in [-0.3, -0.25) is 0 Å². The Labute approximate surface area is 88.7 Å². The summed E-state index contributed by atoms with van der Waals surface area (Å²) in [5.41, 5.74) is 15.7. The predicted octanol–water partition coefficient (Wildman–Crippen LogP) is 0.0821. The van der Waals surface area contributed by atoms with Gasteiger partial charge in [-0.15, -0.1) is 0 Å². The Morgan fingerprint density at radius 2 is 1.93 bits per heavy atom. The van der Waals surface area contributed by atoms with Crippen LogP contribution in [-0.2, 0) is 6.42 Å². The second-order valence-corrected chi connectivity index (χ2v) is 3.08. The molecule has 0 bridgehead atoms. The van der Waals surface area contributed by atoms with Gasteiger partial charge >= 0.3 is 0 Å². The Kier molecular flexibility index (Phi) is 6.43. The molecule has 14 heavy (non-hydrogen) atoms. The maximum atomic E-state index is 9.00. The van der Waals surface area contributed by atoms with E-state index in [1.807, 2.05) is 12.1 Å². The zero-order chi connectivity index (χ0) is 11.0. The molecule has 0 aliphatic carbocycles. The van der Waals surface area contributed by atoms with Crippen molar-refractivity contribution in [3.05, 3.63) is 29.8 Å². The lowest BCUT2D eigenvalue weighted by atomic mass is 10.1. The molecule has 0 fully saturated rings. The molecule has 0 aromatic heterocycles. The number of rotatable bonds is 2. The molecule has 0 saturated heterocycles. The van der Waals surface area contributed by atoms with Crippen molar-refractivity contribution in [3.8, 4) is 5.75 Å². The lowest BCUT2D eigenvalue weighted by molar-refractivity contribution is 0.474. The standard InChI is InChI=1S/C8H11NO.CH4N2S/c9-5-4-7-2-1-3-8(10)6-7;2-1(3)4/h1-3,6,10H,4-5,9H2;(H4,2,3,4). The Hall–Kier alpha value is -1.33. The fourth-order valence-electron chi connectivity index (χ4n) is 0.879. The van der Waals surface area contributed by atoms with Gasteiger partial charge < -0.3 is 22.3 Å². The molecule has 1 aromatic rings. The van der Waals surface area contributed by atoms with Crippen molar-refractivity contribution < 1.29 is 5.11 Å². The second-order valence-electron chi connectivity index (χ2n) is 2.61. The van der Waals surface area contributed by atoms with E-state index >= 15 is 0 Å². The van der Waals surface area contributed by atoms with Gasteiger partial charge in [-0.1, -0.05) is 12.1 Å². The first kappa shape index (κ1) is 12.7. The van der Waals surface area contributed by atoms with Gasteiger partial charge in [-0.05, 0) is 42.9 Å². The predicted molar refractivity (Wildman–Crippen MR) is 61.8 cm³/mol. The molecular formula is C9H15N3OS. The highest BCUT2D eigenvalue weighted by Crippen LogP contribution is 2.10. The average Bonchev–Trinajstić information content (AvgIpc) is 2.03. The number of nitrogens with two attached hydrogens (primary N) is 3. The number of phenols is 1. The van der Waals surface area contributed by atoms with Crippen LogP contribution >= 0.6 is 12.2 Å². The molecule has 0 unspecified atom stereocenters. The molecule has 1 rings (SSSR count). The van der Waals surface area contributed by atoms with E-state index in [9.17, 15) is 0 Å². The monoisotopic (exact) mass is 213 g/mol. The quantitative estimate of drug-likeness (QED) is 0.522. The van der Waals surface area contributed by atoms with Gasteiger partial charge in [-0.25, -0.2) is 0 Å². The highest BCUT2D eigenvalue weighted by atomic mass is 32.1. The maximum absolute atomic E-state index is 9.00. The minimum atomic E-state index is 0.000000000000000222. The van der Waals surface area contributed by atoms with Gasteiger partial charge in [0.05, 0.1) is 0 Å². The third-order valence-corrected chi connectivity index (χ3v) is 1.34. The van der Waals surface area contributed by atoms with Gasteiger partial charge in [-0.2, -0.15) is 0 Å². The Morgan fingerprint density at radius 3 is 2.36 bits per heavy atom. The van der Waals surface area contributed by atoms with Crippen LogP contribution in [0.25, 0.3) is 0 Å². The van der Waals surface area contributed by atoms with E-state index in [0.29, 0.717) is 12.3 Å².